The van der Waals surface area contributed by atoms with Crippen LogP contribution in [0.5, 0.6) is 0 Å². The Balaban J connectivity index is 3.47. The summed E-state index contributed by atoms with van der Waals surface area (Å²) in [6.45, 7) is 6.68. The molecule has 0 aromatic carbocycles. The average molecular weight is 145 g/mol. The van der Waals surface area contributed by atoms with Gasteiger partial charge in [0.25, 0.3) is 0 Å². The zero-order valence-electron chi connectivity index (χ0n) is 7.22. The van der Waals surface area contributed by atoms with E-state index in [0.717, 1.165) is 12.8 Å². The molecule has 0 rings (SSSR count). The van der Waals surface area contributed by atoms with Gasteiger partial charge in [-0.2, -0.15) is 0 Å². The topological polar surface area (TPSA) is 46.2 Å². The predicted octanol–water partition coefficient (Wildman–Crippen LogP) is 1.13. The molecule has 10 heavy (non-hydrogen) atoms. The third-order valence-electron chi connectivity index (χ3n) is 1.37. The normalized spacial score (nSPS) is 15.3. The van der Waals surface area contributed by atoms with Gasteiger partial charge in [-0.15, -0.1) is 0 Å². The van der Waals surface area contributed by atoms with Gasteiger partial charge in [-0.3, -0.25) is 0 Å². The molecule has 0 aromatic rings. The molecule has 0 saturated heterocycles. The SMILES string of the molecule is CC(C)(C)C[C@@H](N)CCO. The van der Waals surface area contributed by atoms with Crippen molar-refractivity contribution in [1.29, 1.82) is 0 Å². The van der Waals surface area contributed by atoms with Crippen molar-refractivity contribution in [2.24, 2.45) is 11.1 Å². The summed E-state index contributed by atoms with van der Waals surface area (Å²) in [7, 11) is 0. The second-order valence-electron chi connectivity index (χ2n) is 4.04. The van der Waals surface area contributed by atoms with Crippen LogP contribution in [-0.4, -0.2) is 17.8 Å². The molecule has 3 N–H and O–H groups in total. The van der Waals surface area contributed by atoms with Crippen LogP contribution in [0.25, 0.3) is 0 Å². The first kappa shape index (κ1) is 9.92. The van der Waals surface area contributed by atoms with E-state index in [1.165, 1.54) is 0 Å². The molecule has 0 amide bonds. The smallest absolute Gasteiger partial charge is 0.0445 e. The Bertz CT molecular complexity index is 85.7. The predicted molar refractivity (Wildman–Crippen MR) is 43.8 cm³/mol. The van der Waals surface area contributed by atoms with Gasteiger partial charge in [0.05, 0.1) is 0 Å². The standard InChI is InChI=1S/C8H19NO/c1-8(2,3)6-7(9)4-5-10/h7,10H,4-6,9H2,1-3H3/t7-/m0/s1. The number of hydrogen-bond donors (Lipinski definition) is 2. The lowest BCUT2D eigenvalue weighted by molar-refractivity contribution is 0.250. The quantitative estimate of drug-likeness (QED) is 0.625. The van der Waals surface area contributed by atoms with Gasteiger partial charge < -0.3 is 10.8 Å². The third-order valence-corrected chi connectivity index (χ3v) is 1.37. The molecule has 0 aromatic heterocycles. The van der Waals surface area contributed by atoms with E-state index in [0.29, 0.717) is 0 Å². The Hall–Kier alpha value is -0.0800. The monoisotopic (exact) mass is 145 g/mol. The summed E-state index contributed by atoms with van der Waals surface area (Å²) in [4.78, 5) is 0. The van der Waals surface area contributed by atoms with Crippen molar-refractivity contribution in [2.45, 2.75) is 39.7 Å². The molecule has 0 aliphatic rings. The molecule has 0 aliphatic heterocycles. The molecule has 2 nitrogen and oxygen atoms in total. The van der Waals surface area contributed by atoms with Crippen LogP contribution < -0.4 is 5.73 Å². The lowest BCUT2D eigenvalue weighted by atomic mass is 9.87. The average Bonchev–Trinajstić information content (AvgIpc) is 1.59. The summed E-state index contributed by atoms with van der Waals surface area (Å²) < 4.78 is 0. The van der Waals surface area contributed by atoms with E-state index in [1.54, 1.807) is 0 Å². The van der Waals surface area contributed by atoms with Gasteiger partial charge in [-0.1, -0.05) is 20.8 Å². The summed E-state index contributed by atoms with van der Waals surface area (Å²) >= 11 is 0. The molecular weight excluding hydrogens is 126 g/mol. The summed E-state index contributed by atoms with van der Waals surface area (Å²) in [6.07, 6.45) is 1.70. The zero-order valence-corrected chi connectivity index (χ0v) is 7.22. The summed E-state index contributed by atoms with van der Waals surface area (Å²) in [5.41, 5.74) is 6.00. The van der Waals surface area contributed by atoms with Crippen molar-refractivity contribution in [3.8, 4) is 0 Å². The molecule has 0 fully saturated rings. The third kappa shape index (κ3) is 6.05. The van der Waals surface area contributed by atoms with Crippen LogP contribution in [0, 0.1) is 5.41 Å². The summed E-state index contributed by atoms with van der Waals surface area (Å²) in [6, 6.07) is 0.157. The molecule has 0 spiro atoms. The zero-order chi connectivity index (χ0) is 8.20. The Kier molecular flexibility index (Phi) is 3.91. The maximum absolute atomic E-state index is 8.55. The van der Waals surface area contributed by atoms with Crippen LogP contribution in [0.4, 0.5) is 0 Å². The van der Waals surface area contributed by atoms with Crippen molar-refractivity contribution in [1.82, 2.24) is 0 Å². The minimum absolute atomic E-state index is 0.157. The molecule has 0 saturated carbocycles. The Morgan fingerprint density at radius 3 is 2.20 bits per heavy atom. The van der Waals surface area contributed by atoms with E-state index in [1.807, 2.05) is 0 Å². The van der Waals surface area contributed by atoms with Crippen molar-refractivity contribution in [3.63, 3.8) is 0 Å². The van der Waals surface area contributed by atoms with E-state index >= 15 is 0 Å². The molecular formula is C8H19NO. The van der Waals surface area contributed by atoms with Gasteiger partial charge in [0.1, 0.15) is 0 Å². The fraction of sp³-hybridized carbons (Fsp3) is 1.00. The van der Waals surface area contributed by atoms with E-state index in [2.05, 4.69) is 20.8 Å². The minimum atomic E-state index is 0.157. The maximum atomic E-state index is 8.55. The van der Waals surface area contributed by atoms with E-state index in [9.17, 15) is 0 Å². The molecule has 0 bridgehead atoms. The Labute approximate surface area is 63.4 Å². The van der Waals surface area contributed by atoms with Gasteiger partial charge in [0.2, 0.25) is 0 Å². The van der Waals surface area contributed by atoms with Gasteiger partial charge in [-0.05, 0) is 18.3 Å². The highest BCUT2D eigenvalue weighted by atomic mass is 16.3. The van der Waals surface area contributed by atoms with Crippen molar-refractivity contribution >= 4 is 0 Å². The lowest BCUT2D eigenvalue weighted by Gasteiger charge is -2.22. The molecule has 1 atom stereocenters. The number of aliphatic hydroxyl groups is 1. The molecule has 2 heteroatoms. The van der Waals surface area contributed by atoms with Crippen LogP contribution in [0.2, 0.25) is 0 Å². The second kappa shape index (κ2) is 3.94. The van der Waals surface area contributed by atoms with Crippen LogP contribution in [0.1, 0.15) is 33.6 Å². The highest BCUT2D eigenvalue weighted by Gasteiger charge is 2.14. The first-order chi connectivity index (χ1) is 4.45. The minimum Gasteiger partial charge on any atom is -0.396 e. The molecule has 0 aliphatic carbocycles. The second-order valence-corrected chi connectivity index (χ2v) is 4.04. The Morgan fingerprint density at radius 2 is 1.90 bits per heavy atom. The molecule has 0 heterocycles. The highest BCUT2D eigenvalue weighted by Crippen LogP contribution is 2.20. The van der Waals surface area contributed by atoms with E-state index in [-0.39, 0.29) is 18.1 Å². The summed E-state index contributed by atoms with van der Waals surface area (Å²) in [5.74, 6) is 0. The molecule has 62 valence electrons. The van der Waals surface area contributed by atoms with Gasteiger partial charge in [0, 0.05) is 12.6 Å². The molecule has 0 radical (unpaired) electrons. The van der Waals surface area contributed by atoms with Gasteiger partial charge in [0.15, 0.2) is 0 Å². The van der Waals surface area contributed by atoms with Crippen molar-refractivity contribution in [3.05, 3.63) is 0 Å². The van der Waals surface area contributed by atoms with Crippen LogP contribution in [0.15, 0.2) is 0 Å². The number of nitrogens with two attached hydrogens (primary N) is 1. The molecule has 0 unspecified atom stereocenters. The van der Waals surface area contributed by atoms with E-state index < -0.39 is 0 Å². The van der Waals surface area contributed by atoms with E-state index in [4.69, 9.17) is 10.8 Å². The lowest BCUT2D eigenvalue weighted by Crippen LogP contribution is -2.27. The largest absolute Gasteiger partial charge is 0.396 e. The van der Waals surface area contributed by atoms with Crippen LogP contribution in [-0.2, 0) is 0 Å². The van der Waals surface area contributed by atoms with Crippen LogP contribution >= 0.6 is 0 Å². The van der Waals surface area contributed by atoms with Crippen molar-refractivity contribution in [2.75, 3.05) is 6.61 Å². The number of rotatable bonds is 3. The highest BCUT2D eigenvalue weighted by molar-refractivity contribution is 4.70. The fourth-order valence-electron chi connectivity index (χ4n) is 1.05. The van der Waals surface area contributed by atoms with Crippen molar-refractivity contribution < 1.29 is 5.11 Å². The maximum Gasteiger partial charge on any atom is 0.0445 e. The first-order valence-electron chi connectivity index (χ1n) is 3.82. The van der Waals surface area contributed by atoms with Gasteiger partial charge in [-0.25, -0.2) is 0 Å². The first-order valence-corrected chi connectivity index (χ1v) is 3.82. The fourth-order valence-corrected chi connectivity index (χ4v) is 1.05. The van der Waals surface area contributed by atoms with Gasteiger partial charge >= 0.3 is 0 Å². The number of aliphatic hydroxyl groups excluding tert-OH is 1. The van der Waals surface area contributed by atoms with Crippen LogP contribution in [0.3, 0.4) is 0 Å². The number of hydrogen-bond acceptors (Lipinski definition) is 2. The Morgan fingerprint density at radius 1 is 1.40 bits per heavy atom. The summed E-state index contributed by atoms with van der Waals surface area (Å²) in [5, 5.41) is 8.55.